The quantitative estimate of drug-likeness (QED) is 0.311. The SMILES string of the molecule is Cn1c(=O)[nH]c(=O)c2c1nc(N/N=C/c1ccc(Br)cc1)n2CCOc1ccccc1. The first kappa shape index (κ1) is 20.6. The van der Waals surface area contributed by atoms with Crippen LogP contribution in [0.5, 0.6) is 5.75 Å². The van der Waals surface area contributed by atoms with Crippen LogP contribution < -0.4 is 21.4 Å². The van der Waals surface area contributed by atoms with E-state index in [1.165, 1.54) is 4.57 Å². The van der Waals surface area contributed by atoms with E-state index in [0.717, 1.165) is 15.8 Å². The number of nitrogens with zero attached hydrogens (tertiary/aromatic N) is 4. The van der Waals surface area contributed by atoms with Crippen LogP contribution in [0.2, 0.25) is 0 Å². The van der Waals surface area contributed by atoms with Gasteiger partial charge < -0.3 is 4.74 Å². The first-order chi connectivity index (χ1) is 15.0. The summed E-state index contributed by atoms with van der Waals surface area (Å²) in [5.41, 5.74) is 3.23. The molecule has 0 aliphatic rings. The Morgan fingerprint density at radius 1 is 1.16 bits per heavy atom. The largest absolute Gasteiger partial charge is 0.492 e. The van der Waals surface area contributed by atoms with Crippen LogP contribution in [0, 0.1) is 0 Å². The number of para-hydroxylation sites is 1. The number of hydrogen-bond acceptors (Lipinski definition) is 6. The fourth-order valence-corrected chi connectivity index (χ4v) is 3.29. The third-order valence-corrected chi connectivity index (χ3v) is 5.11. The van der Waals surface area contributed by atoms with Crippen LogP contribution in [0.25, 0.3) is 11.2 Å². The summed E-state index contributed by atoms with van der Waals surface area (Å²) in [5.74, 6) is 1.04. The number of H-pyrrole nitrogens is 1. The molecule has 0 amide bonds. The lowest BCUT2D eigenvalue weighted by Gasteiger charge is -2.10. The topological polar surface area (TPSA) is 106 Å². The number of aromatic nitrogens is 4. The van der Waals surface area contributed by atoms with Crippen LogP contribution >= 0.6 is 15.9 Å². The number of nitrogens with one attached hydrogen (secondary N) is 2. The van der Waals surface area contributed by atoms with Gasteiger partial charge in [0.1, 0.15) is 12.4 Å². The fourth-order valence-electron chi connectivity index (χ4n) is 3.02. The van der Waals surface area contributed by atoms with Gasteiger partial charge in [0.25, 0.3) is 5.56 Å². The summed E-state index contributed by atoms with van der Waals surface area (Å²) in [5, 5.41) is 4.23. The Kier molecular flexibility index (Phi) is 5.99. The minimum Gasteiger partial charge on any atom is -0.492 e. The number of fused-ring (bicyclic) bond motifs is 1. The average Bonchev–Trinajstić information content (AvgIpc) is 3.13. The minimum atomic E-state index is -0.535. The number of imidazole rings is 1. The summed E-state index contributed by atoms with van der Waals surface area (Å²) in [4.78, 5) is 31.2. The zero-order chi connectivity index (χ0) is 21.8. The summed E-state index contributed by atoms with van der Waals surface area (Å²) in [6.45, 7) is 0.617. The summed E-state index contributed by atoms with van der Waals surface area (Å²) in [6.07, 6.45) is 1.64. The molecule has 0 bridgehead atoms. The van der Waals surface area contributed by atoms with E-state index in [9.17, 15) is 9.59 Å². The van der Waals surface area contributed by atoms with Crippen LogP contribution in [0.3, 0.4) is 0 Å². The smallest absolute Gasteiger partial charge is 0.329 e. The Bertz CT molecular complexity index is 1340. The standard InChI is InChI=1S/C21H19BrN6O3/c1-27-18-17(19(29)25-21(27)30)28(11-12-31-16-5-3-2-4-6-16)20(24-18)26-23-13-14-7-9-15(22)10-8-14/h2-10,13H,11-12H2,1H3,(H,24,26)(H,25,29,30)/b23-13+. The summed E-state index contributed by atoms with van der Waals surface area (Å²) < 4.78 is 9.67. The molecule has 31 heavy (non-hydrogen) atoms. The molecular formula is C21H19BrN6O3. The summed E-state index contributed by atoms with van der Waals surface area (Å²) in [6, 6.07) is 17.0. The highest BCUT2D eigenvalue weighted by atomic mass is 79.9. The molecule has 0 unspecified atom stereocenters. The Morgan fingerprint density at radius 3 is 2.65 bits per heavy atom. The predicted molar refractivity (Wildman–Crippen MR) is 123 cm³/mol. The van der Waals surface area contributed by atoms with Crippen molar-refractivity contribution < 1.29 is 4.74 Å². The van der Waals surface area contributed by atoms with Crippen LogP contribution in [0.1, 0.15) is 5.56 Å². The molecule has 4 aromatic rings. The van der Waals surface area contributed by atoms with Gasteiger partial charge in [0.05, 0.1) is 12.8 Å². The monoisotopic (exact) mass is 482 g/mol. The minimum absolute atomic E-state index is 0.259. The van der Waals surface area contributed by atoms with Crippen LogP contribution in [-0.2, 0) is 13.6 Å². The van der Waals surface area contributed by atoms with Gasteiger partial charge in [-0.1, -0.05) is 46.3 Å². The third-order valence-electron chi connectivity index (χ3n) is 4.58. The zero-order valence-corrected chi connectivity index (χ0v) is 18.2. The lowest BCUT2D eigenvalue weighted by molar-refractivity contribution is 0.301. The summed E-state index contributed by atoms with van der Waals surface area (Å²) >= 11 is 3.39. The van der Waals surface area contributed by atoms with Crippen LogP contribution in [-0.4, -0.2) is 31.9 Å². The Morgan fingerprint density at radius 2 is 1.90 bits per heavy atom. The average molecular weight is 483 g/mol. The molecule has 9 nitrogen and oxygen atoms in total. The highest BCUT2D eigenvalue weighted by Crippen LogP contribution is 2.16. The molecule has 10 heteroatoms. The van der Waals surface area contributed by atoms with E-state index in [1.807, 2.05) is 54.6 Å². The number of hydrogen-bond donors (Lipinski definition) is 2. The fraction of sp³-hybridized carbons (Fsp3) is 0.143. The van der Waals surface area contributed by atoms with E-state index < -0.39 is 11.2 Å². The number of anilines is 1. The van der Waals surface area contributed by atoms with E-state index in [2.05, 4.69) is 36.4 Å². The van der Waals surface area contributed by atoms with Gasteiger partial charge in [-0.15, -0.1) is 0 Å². The Labute approximate surface area is 185 Å². The molecule has 2 aromatic carbocycles. The number of halogens is 1. The summed E-state index contributed by atoms with van der Waals surface area (Å²) in [7, 11) is 1.55. The van der Waals surface area contributed by atoms with Gasteiger partial charge >= 0.3 is 5.69 Å². The molecule has 0 fully saturated rings. The molecule has 0 aliphatic heterocycles. The maximum absolute atomic E-state index is 12.5. The first-order valence-electron chi connectivity index (χ1n) is 9.45. The van der Waals surface area contributed by atoms with Crippen molar-refractivity contribution in [2.24, 2.45) is 12.1 Å². The first-order valence-corrected chi connectivity index (χ1v) is 10.2. The molecule has 2 heterocycles. The maximum atomic E-state index is 12.5. The van der Waals surface area contributed by atoms with Gasteiger partial charge in [0.2, 0.25) is 5.95 Å². The lowest BCUT2D eigenvalue weighted by Crippen LogP contribution is -2.29. The second-order valence-corrected chi connectivity index (χ2v) is 7.58. The number of aryl methyl sites for hydroxylation is 1. The second-order valence-electron chi connectivity index (χ2n) is 6.66. The van der Waals surface area contributed by atoms with Gasteiger partial charge in [-0.05, 0) is 29.8 Å². The molecular weight excluding hydrogens is 464 g/mol. The van der Waals surface area contributed by atoms with Gasteiger partial charge in [-0.25, -0.2) is 10.2 Å². The molecule has 0 atom stereocenters. The van der Waals surface area contributed by atoms with Crippen molar-refractivity contribution >= 4 is 39.3 Å². The zero-order valence-electron chi connectivity index (χ0n) is 16.6. The maximum Gasteiger partial charge on any atom is 0.329 e. The van der Waals surface area contributed by atoms with Crippen LogP contribution in [0.4, 0.5) is 5.95 Å². The molecule has 2 aromatic heterocycles. The van der Waals surface area contributed by atoms with Crippen molar-refractivity contribution in [3.63, 3.8) is 0 Å². The van der Waals surface area contributed by atoms with E-state index in [-0.39, 0.29) is 11.2 Å². The molecule has 2 N–H and O–H groups in total. The van der Waals surface area contributed by atoms with Crippen molar-refractivity contribution in [2.45, 2.75) is 6.54 Å². The highest BCUT2D eigenvalue weighted by Gasteiger charge is 2.17. The normalized spacial score (nSPS) is 11.3. The second kappa shape index (κ2) is 9.00. The molecule has 158 valence electrons. The predicted octanol–water partition coefficient (Wildman–Crippen LogP) is 2.71. The van der Waals surface area contributed by atoms with Gasteiger partial charge in [0, 0.05) is 11.5 Å². The van der Waals surface area contributed by atoms with Crippen LogP contribution in [0.15, 0.2) is 73.8 Å². The van der Waals surface area contributed by atoms with Crippen molar-refractivity contribution in [3.05, 3.63) is 85.5 Å². The van der Waals surface area contributed by atoms with Gasteiger partial charge in [-0.3, -0.25) is 18.9 Å². The Balaban J connectivity index is 1.64. The van der Waals surface area contributed by atoms with Gasteiger partial charge in [0.15, 0.2) is 11.2 Å². The van der Waals surface area contributed by atoms with Crippen molar-refractivity contribution in [1.29, 1.82) is 0 Å². The van der Waals surface area contributed by atoms with Crippen molar-refractivity contribution in [3.8, 4) is 5.75 Å². The molecule has 0 aliphatic carbocycles. The number of aromatic amines is 1. The van der Waals surface area contributed by atoms with E-state index in [0.29, 0.717) is 19.1 Å². The van der Waals surface area contributed by atoms with E-state index in [4.69, 9.17) is 4.74 Å². The van der Waals surface area contributed by atoms with Crippen molar-refractivity contribution in [2.75, 3.05) is 12.0 Å². The number of benzene rings is 2. The van der Waals surface area contributed by atoms with Gasteiger partial charge in [-0.2, -0.15) is 10.1 Å². The number of hydrazone groups is 1. The molecule has 0 saturated carbocycles. The van der Waals surface area contributed by atoms with E-state index >= 15 is 0 Å². The lowest BCUT2D eigenvalue weighted by atomic mass is 10.2. The molecule has 0 saturated heterocycles. The van der Waals surface area contributed by atoms with E-state index in [1.54, 1.807) is 17.8 Å². The molecule has 4 rings (SSSR count). The number of ether oxygens (including phenoxy) is 1. The third kappa shape index (κ3) is 4.58. The molecule has 0 radical (unpaired) electrons. The van der Waals surface area contributed by atoms with Crippen molar-refractivity contribution in [1.82, 2.24) is 19.1 Å². The Hall–Kier alpha value is -3.66. The molecule has 0 spiro atoms. The number of rotatable bonds is 7. The highest BCUT2D eigenvalue weighted by molar-refractivity contribution is 9.10.